The number of hydrogen-bond donors (Lipinski definition) is 0. The van der Waals surface area contributed by atoms with Crippen LogP contribution >= 0.6 is 11.6 Å². The minimum atomic E-state index is -0.593. The Morgan fingerprint density at radius 3 is 2.56 bits per heavy atom. The van der Waals surface area contributed by atoms with Gasteiger partial charge >= 0.3 is 0 Å². The molecule has 0 unspecified atom stereocenters. The lowest BCUT2D eigenvalue weighted by atomic mass is 10.1. The van der Waals surface area contributed by atoms with Crippen LogP contribution in [0.25, 0.3) is 10.9 Å². The number of hydrogen-bond acceptors (Lipinski definition) is 4. The van der Waals surface area contributed by atoms with Crippen LogP contribution in [0.5, 0.6) is 0 Å². The van der Waals surface area contributed by atoms with Crippen molar-refractivity contribution in [2.75, 3.05) is 32.7 Å². The molecular weight excluding hydrogens is 431 g/mol. The lowest BCUT2D eigenvalue weighted by Gasteiger charge is -2.34. The van der Waals surface area contributed by atoms with Crippen molar-refractivity contribution in [3.05, 3.63) is 70.6 Å². The molecule has 0 N–H and O–H groups in total. The highest BCUT2D eigenvalue weighted by Crippen LogP contribution is 2.23. The molecular formula is C24H22ClFN4O2. The Bertz CT molecular complexity index is 1210. The molecule has 1 amide bonds. The quantitative estimate of drug-likeness (QED) is 0.530. The number of ketones is 1. The number of nitriles is 1. The van der Waals surface area contributed by atoms with E-state index in [-0.39, 0.29) is 17.9 Å². The van der Waals surface area contributed by atoms with Crippen LogP contribution in [0.1, 0.15) is 27.1 Å². The van der Waals surface area contributed by atoms with Gasteiger partial charge in [0.05, 0.1) is 24.6 Å². The maximum atomic E-state index is 14.0. The third kappa shape index (κ3) is 4.52. The predicted molar refractivity (Wildman–Crippen MR) is 120 cm³/mol. The van der Waals surface area contributed by atoms with Crippen LogP contribution < -0.4 is 0 Å². The average Bonchev–Trinajstić information content (AvgIpc) is 3.18. The van der Waals surface area contributed by atoms with Crippen molar-refractivity contribution in [2.24, 2.45) is 0 Å². The van der Waals surface area contributed by atoms with Gasteiger partial charge in [-0.2, -0.15) is 5.26 Å². The lowest BCUT2D eigenvalue weighted by molar-refractivity contribution is 0.0620. The maximum absolute atomic E-state index is 14.0. The molecule has 2 aromatic carbocycles. The van der Waals surface area contributed by atoms with E-state index in [4.69, 9.17) is 16.9 Å². The van der Waals surface area contributed by atoms with Crippen molar-refractivity contribution in [1.29, 1.82) is 5.26 Å². The average molecular weight is 453 g/mol. The van der Waals surface area contributed by atoms with Gasteiger partial charge < -0.3 is 9.47 Å². The van der Waals surface area contributed by atoms with Crippen LogP contribution in [0.15, 0.2) is 48.7 Å². The number of benzene rings is 2. The zero-order valence-corrected chi connectivity index (χ0v) is 18.2. The Labute approximate surface area is 190 Å². The lowest BCUT2D eigenvalue weighted by Crippen LogP contribution is -2.50. The molecule has 0 saturated carbocycles. The third-order valence-electron chi connectivity index (χ3n) is 5.74. The molecule has 0 atom stereocenters. The molecule has 8 heteroatoms. The molecule has 1 aliphatic rings. The minimum Gasteiger partial charge on any atom is -0.346 e. The van der Waals surface area contributed by atoms with Crippen LogP contribution in [0.4, 0.5) is 4.39 Å². The number of piperazine rings is 1. The first-order valence-electron chi connectivity index (χ1n) is 10.4. The first kappa shape index (κ1) is 22.0. The van der Waals surface area contributed by atoms with Gasteiger partial charge in [-0.15, -0.1) is 0 Å². The molecule has 3 aromatic rings. The van der Waals surface area contributed by atoms with Crippen molar-refractivity contribution in [3.8, 4) is 6.07 Å². The number of aromatic nitrogens is 1. The molecule has 1 aromatic heterocycles. The topological polar surface area (TPSA) is 69.3 Å². The number of carbonyl (C=O) groups is 2. The van der Waals surface area contributed by atoms with E-state index in [1.54, 1.807) is 4.90 Å². The second kappa shape index (κ2) is 9.51. The van der Waals surface area contributed by atoms with Crippen LogP contribution in [0.2, 0.25) is 5.02 Å². The summed E-state index contributed by atoms with van der Waals surface area (Å²) in [5.41, 5.74) is 1.54. The van der Waals surface area contributed by atoms with Crippen molar-refractivity contribution >= 4 is 34.2 Å². The van der Waals surface area contributed by atoms with Gasteiger partial charge in [-0.25, -0.2) is 4.39 Å². The summed E-state index contributed by atoms with van der Waals surface area (Å²) in [5, 5.41) is 10.1. The summed E-state index contributed by atoms with van der Waals surface area (Å²) in [6.07, 6.45) is 2.20. The van der Waals surface area contributed by atoms with Gasteiger partial charge in [-0.05, 0) is 24.3 Å². The number of Topliss-reactive ketones (excluding diaryl/α,β-unsaturated/α-hetero) is 1. The monoisotopic (exact) mass is 452 g/mol. The number of rotatable bonds is 6. The standard InChI is InChI=1S/C24H22ClFN4O2/c25-17-6-7-21(26)19(14-17)24(32)29-12-10-28(11-13-29)16-23(31)20-15-30(9-3-8-27)22-5-2-1-4-18(20)22/h1-2,4-7,14-15H,3,9-13,16H2. The van der Waals surface area contributed by atoms with E-state index in [9.17, 15) is 14.0 Å². The van der Waals surface area contributed by atoms with Crippen LogP contribution in [0, 0.1) is 17.1 Å². The van der Waals surface area contributed by atoms with Crippen molar-refractivity contribution < 1.29 is 14.0 Å². The Morgan fingerprint density at radius 2 is 1.81 bits per heavy atom. The smallest absolute Gasteiger partial charge is 0.256 e. The zero-order chi connectivity index (χ0) is 22.7. The van der Waals surface area contributed by atoms with Crippen LogP contribution in [0.3, 0.4) is 0 Å². The first-order valence-corrected chi connectivity index (χ1v) is 10.8. The van der Waals surface area contributed by atoms with Gasteiger partial charge in [0.1, 0.15) is 5.82 Å². The van der Waals surface area contributed by atoms with Gasteiger partial charge in [-0.3, -0.25) is 14.5 Å². The summed E-state index contributed by atoms with van der Waals surface area (Å²) in [4.78, 5) is 29.3. The number of halogens is 2. The van der Waals surface area contributed by atoms with Crippen LogP contribution in [-0.4, -0.2) is 58.8 Å². The molecule has 0 radical (unpaired) electrons. The van der Waals surface area contributed by atoms with E-state index in [1.807, 2.05) is 39.9 Å². The summed E-state index contributed by atoms with van der Waals surface area (Å²) in [6.45, 7) is 2.62. The fraction of sp³-hybridized carbons (Fsp3) is 0.292. The van der Waals surface area contributed by atoms with Crippen LogP contribution in [-0.2, 0) is 6.54 Å². The predicted octanol–water partition coefficient (Wildman–Crippen LogP) is 3.99. The number of para-hydroxylation sites is 1. The van der Waals surface area contributed by atoms with Gasteiger partial charge in [0, 0.05) is 60.4 Å². The molecule has 1 saturated heterocycles. The second-order valence-electron chi connectivity index (χ2n) is 7.78. The van der Waals surface area contributed by atoms with Gasteiger partial charge in [0.15, 0.2) is 5.78 Å². The summed E-state index contributed by atoms with van der Waals surface area (Å²) in [5.74, 6) is -0.987. The van der Waals surface area contributed by atoms with E-state index in [0.717, 1.165) is 10.9 Å². The first-order chi connectivity index (χ1) is 15.5. The number of aryl methyl sites for hydroxylation is 1. The number of nitrogens with zero attached hydrogens (tertiary/aromatic N) is 4. The zero-order valence-electron chi connectivity index (χ0n) is 17.4. The van der Waals surface area contributed by atoms with Gasteiger partial charge in [0.25, 0.3) is 5.91 Å². The highest BCUT2D eigenvalue weighted by molar-refractivity contribution is 6.31. The molecule has 1 aliphatic heterocycles. The SMILES string of the molecule is N#CCCn1cc(C(=O)CN2CCN(C(=O)c3cc(Cl)ccc3F)CC2)c2ccccc21. The molecule has 0 aliphatic carbocycles. The van der Waals surface area contributed by atoms with Crippen molar-refractivity contribution in [1.82, 2.24) is 14.4 Å². The minimum absolute atomic E-state index is 0.00225. The molecule has 2 heterocycles. The molecule has 32 heavy (non-hydrogen) atoms. The molecule has 0 spiro atoms. The molecule has 164 valence electrons. The number of amides is 1. The number of fused-ring (bicyclic) bond motifs is 1. The maximum Gasteiger partial charge on any atom is 0.256 e. The van der Waals surface area contributed by atoms with Crippen molar-refractivity contribution in [3.63, 3.8) is 0 Å². The Kier molecular flexibility index (Phi) is 6.54. The molecule has 4 rings (SSSR count). The van der Waals surface area contributed by atoms with Gasteiger partial charge in [0.2, 0.25) is 0 Å². The Balaban J connectivity index is 1.41. The van der Waals surface area contributed by atoms with E-state index < -0.39 is 11.7 Å². The summed E-state index contributed by atoms with van der Waals surface area (Å²) in [7, 11) is 0. The molecule has 0 bridgehead atoms. The molecule has 1 fully saturated rings. The van der Waals surface area contributed by atoms with E-state index in [2.05, 4.69) is 6.07 Å². The Hall–Kier alpha value is -3.21. The van der Waals surface area contributed by atoms with E-state index in [1.165, 1.54) is 18.2 Å². The fourth-order valence-corrected chi connectivity index (χ4v) is 4.23. The fourth-order valence-electron chi connectivity index (χ4n) is 4.05. The largest absolute Gasteiger partial charge is 0.346 e. The summed E-state index contributed by atoms with van der Waals surface area (Å²) in [6, 6.07) is 13.8. The molecule has 6 nitrogen and oxygen atoms in total. The number of carbonyl (C=O) groups excluding carboxylic acids is 2. The van der Waals surface area contributed by atoms with Gasteiger partial charge in [-0.1, -0.05) is 29.8 Å². The van der Waals surface area contributed by atoms with E-state index >= 15 is 0 Å². The second-order valence-corrected chi connectivity index (χ2v) is 8.21. The highest BCUT2D eigenvalue weighted by atomic mass is 35.5. The van der Waals surface area contributed by atoms with Crippen molar-refractivity contribution in [2.45, 2.75) is 13.0 Å². The van der Waals surface area contributed by atoms with E-state index in [0.29, 0.717) is 49.7 Å². The highest BCUT2D eigenvalue weighted by Gasteiger charge is 2.26. The Morgan fingerprint density at radius 1 is 1.06 bits per heavy atom. The third-order valence-corrected chi connectivity index (χ3v) is 5.97. The summed E-state index contributed by atoms with van der Waals surface area (Å²) < 4.78 is 16.0. The normalized spacial score (nSPS) is 14.5. The summed E-state index contributed by atoms with van der Waals surface area (Å²) >= 11 is 5.91.